The van der Waals surface area contributed by atoms with Crippen molar-refractivity contribution in [3.63, 3.8) is 0 Å². The van der Waals surface area contributed by atoms with Crippen LogP contribution in [0.3, 0.4) is 0 Å². The number of halogens is 1. The highest BCUT2D eigenvalue weighted by Crippen LogP contribution is 2.36. The summed E-state index contributed by atoms with van der Waals surface area (Å²) in [6.45, 7) is -0.141. The largest absolute Gasteiger partial charge is 0.396 e. The van der Waals surface area contributed by atoms with Crippen LogP contribution >= 0.6 is 0 Å². The number of nitrogens with two attached hydrogens (primary N) is 2. The van der Waals surface area contributed by atoms with Gasteiger partial charge in [-0.3, -0.25) is 0 Å². The number of rotatable bonds is 5. The summed E-state index contributed by atoms with van der Waals surface area (Å²) in [7, 11) is 3.48. The lowest BCUT2D eigenvalue weighted by Crippen LogP contribution is -2.12. The number of aromatic nitrogens is 8. The minimum Gasteiger partial charge on any atom is -0.396 e. The van der Waals surface area contributed by atoms with Gasteiger partial charge in [0.15, 0.2) is 11.3 Å². The Kier molecular flexibility index (Phi) is 4.86. The van der Waals surface area contributed by atoms with E-state index >= 15 is 0 Å². The Morgan fingerprint density at radius 2 is 1.79 bits per heavy atom. The molecule has 0 amide bonds. The average Bonchev–Trinajstić information content (AvgIpc) is 3.30. The molecule has 0 fully saturated rings. The topological polar surface area (TPSA) is 159 Å². The Bertz CT molecular complexity index is 1510. The molecule has 0 saturated heterocycles. The number of nitrogen functional groups attached to an aromatic ring is 2. The maximum atomic E-state index is 13.8. The number of benzene rings is 1. The molecule has 1 aromatic carbocycles. The van der Waals surface area contributed by atoms with E-state index in [0.717, 1.165) is 0 Å². The van der Waals surface area contributed by atoms with Crippen molar-refractivity contribution in [2.45, 2.75) is 12.3 Å². The summed E-state index contributed by atoms with van der Waals surface area (Å²) < 4.78 is 17.0. The zero-order chi connectivity index (χ0) is 23.3. The zero-order valence-corrected chi connectivity index (χ0v) is 17.9. The first-order chi connectivity index (χ1) is 15.9. The molecule has 11 nitrogen and oxygen atoms in total. The molecular weight excluding hydrogens is 427 g/mol. The molecule has 5 aromatic rings. The first-order valence-corrected chi connectivity index (χ1v) is 10.2. The third kappa shape index (κ3) is 3.31. The molecule has 5 rings (SSSR count). The third-order valence-electron chi connectivity index (χ3n) is 5.56. The summed E-state index contributed by atoms with van der Waals surface area (Å²) in [5.74, 6) is -0.0895. The van der Waals surface area contributed by atoms with E-state index in [4.69, 9.17) is 16.5 Å². The van der Waals surface area contributed by atoms with Gasteiger partial charge in [0.1, 0.15) is 35.3 Å². The Balaban J connectivity index is 1.72. The molecule has 5 N–H and O–H groups in total. The second-order valence-corrected chi connectivity index (χ2v) is 7.68. The Morgan fingerprint density at radius 1 is 1.00 bits per heavy atom. The summed E-state index contributed by atoms with van der Waals surface area (Å²) in [4.78, 5) is 17.6. The monoisotopic (exact) mass is 448 g/mol. The number of aliphatic hydroxyl groups is 1. The highest BCUT2D eigenvalue weighted by molar-refractivity contribution is 5.98. The molecule has 168 valence electrons. The number of aryl methyl sites for hydroxylation is 2. The lowest BCUT2D eigenvalue weighted by molar-refractivity contribution is 0.279. The highest BCUT2D eigenvalue weighted by Gasteiger charge is 2.28. The van der Waals surface area contributed by atoms with Crippen molar-refractivity contribution in [1.82, 2.24) is 39.5 Å². The number of fused-ring (bicyclic) bond motifs is 2. The SMILES string of the molecule is Cn1nc(-c2cccc(F)c2)c2c(N)nc(C(CCO)c3nn(C)c4ncnc(N)c34)nc21. The molecule has 0 aliphatic heterocycles. The van der Waals surface area contributed by atoms with E-state index in [0.29, 0.717) is 44.8 Å². The van der Waals surface area contributed by atoms with Crippen LogP contribution in [0.2, 0.25) is 0 Å². The van der Waals surface area contributed by atoms with Crippen molar-refractivity contribution in [3.05, 3.63) is 47.9 Å². The molecule has 1 unspecified atom stereocenters. The third-order valence-corrected chi connectivity index (χ3v) is 5.56. The van der Waals surface area contributed by atoms with Gasteiger partial charge in [-0.15, -0.1) is 0 Å². The quantitative estimate of drug-likeness (QED) is 0.362. The minimum atomic E-state index is -0.522. The zero-order valence-electron chi connectivity index (χ0n) is 17.9. The number of hydrogen-bond donors (Lipinski definition) is 3. The highest BCUT2D eigenvalue weighted by atomic mass is 19.1. The molecule has 12 heteroatoms. The number of aliphatic hydroxyl groups excluding tert-OH is 1. The van der Waals surface area contributed by atoms with Crippen LogP contribution in [-0.2, 0) is 14.1 Å². The van der Waals surface area contributed by atoms with Gasteiger partial charge in [-0.25, -0.2) is 33.7 Å². The molecule has 4 aromatic heterocycles. The van der Waals surface area contributed by atoms with Crippen molar-refractivity contribution >= 4 is 33.7 Å². The molecule has 0 aliphatic carbocycles. The van der Waals surface area contributed by atoms with Gasteiger partial charge in [-0.2, -0.15) is 10.2 Å². The standard InChI is InChI=1S/C21H21FN10O/c1-31-20-14(17(23)25-9-26-20)16(30-31)12(6-7-33)19-27-18(24)13-15(29-32(2)21(13)28-19)10-4-3-5-11(22)8-10/h3-5,8-9,12,33H,6-7H2,1-2H3,(H2,23,25,26)(H2,24,27,28). The van der Waals surface area contributed by atoms with E-state index < -0.39 is 5.92 Å². The van der Waals surface area contributed by atoms with E-state index in [2.05, 4.69) is 25.1 Å². The molecule has 0 spiro atoms. The normalized spacial score (nSPS) is 12.6. The summed E-state index contributed by atoms with van der Waals surface area (Å²) in [6.07, 6.45) is 1.65. The lowest BCUT2D eigenvalue weighted by atomic mass is 9.98. The fraction of sp³-hybridized carbons (Fsp3) is 0.238. The van der Waals surface area contributed by atoms with E-state index in [1.54, 1.807) is 35.6 Å². The molecule has 0 saturated carbocycles. The smallest absolute Gasteiger partial charge is 0.164 e. The number of hydrogen-bond acceptors (Lipinski definition) is 9. The van der Waals surface area contributed by atoms with Crippen LogP contribution in [0.4, 0.5) is 16.0 Å². The van der Waals surface area contributed by atoms with Crippen LogP contribution in [0, 0.1) is 5.82 Å². The summed E-state index contributed by atoms with van der Waals surface area (Å²) in [6, 6.07) is 6.09. The molecular formula is C21H21FN10O. The van der Waals surface area contributed by atoms with Gasteiger partial charge in [-0.1, -0.05) is 12.1 Å². The predicted molar refractivity (Wildman–Crippen MR) is 120 cm³/mol. The molecule has 4 heterocycles. The van der Waals surface area contributed by atoms with E-state index in [9.17, 15) is 9.50 Å². The van der Waals surface area contributed by atoms with E-state index in [1.807, 2.05) is 0 Å². The van der Waals surface area contributed by atoms with Gasteiger partial charge in [0.2, 0.25) is 0 Å². The number of nitrogens with zero attached hydrogens (tertiary/aromatic N) is 8. The van der Waals surface area contributed by atoms with Gasteiger partial charge in [0.05, 0.1) is 22.4 Å². The van der Waals surface area contributed by atoms with Crippen molar-refractivity contribution in [3.8, 4) is 11.3 Å². The first kappa shape index (κ1) is 20.7. The Morgan fingerprint density at radius 3 is 2.55 bits per heavy atom. The fourth-order valence-electron chi connectivity index (χ4n) is 4.09. The summed E-state index contributed by atoms with van der Waals surface area (Å²) in [5.41, 5.74) is 15.1. The first-order valence-electron chi connectivity index (χ1n) is 10.2. The molecule has 33 heavy (non-hydrogen) atoms. The van der Waals surface area contributed by atoms with Gasteiger partial charge < -0.3 is 16.6 Å². The van der Waals surface area contributed by atoms with Gasteiger partial charge in [0.25, 0.3) is 0 Å². The van der Waals surface area contributed by atoms with Crippen molar-refractivity contribution in [2.24, 2.45) is 14.1 Å². The van der Waals surface area contributed by atoms with E-state index in [-0.39, 0.29) is 30.5 Å². The van der Waals surface area contributed by atoms with Crippen molar-refractivity contribution < 1.29 is 9.50 Å². The van der Waals surface area contributed by atoms with E-state index in [1.165, 1.54) is 18.5 Å². The summed E-state index contributed by atoms with van der Waals surface area (Å²) >= 11 is 0. The average molecular weight is 448 g/mol. The molecule has 0 aliphatic rings. The second kappa shape index (κ2) is 7.74. The lowest BCUT2D eigenvalue weighted by Gasteiger charge is -2.14. The number of anilines is 2. The molecule has 0 bridgehead atoms. The summed E-state index contributed by atoms with van der Waals surface area (Å²) in [5, 5.41) is 20.0. The Labute approximate surface area is 186 Å². The van der Waals surface area contributed by atoms with Gasteiger partial charge >= 0.3 is 0 Å². The van der Waals surface area contributed by atoms with Crippen LogP contribution < -0.4 is 11.5 Å². The van der Waals surface area contributed by atoms with Crippen LogP contribution in [-0.4, -0.2) is 51.2 Å². The van der Waals surface area contributed by atoms with Crippen molar-refractivity contribution in [1.29, 1.82) is 0 Å². The minimum absolute atomic E-state index is 0.141. The van der Waals surface area contributed by atoms with Gasteiger partial charge in [-0.05, 0) is 18.6 Å². The maximum absolute atomic E-state index is 13.8. The Hall–Kier alpha value is -4.19. The van der Waals surface area contributed by atoms with Crippen LogP contribution in [0.15, 0.2) is 30.6 Å². The maximum Gasteiger partial charge on any atom is 0.164 e. The van der Waals surface area contributed by atoms with Crippen LogP contribution in [0.1, 0.15) is 23.9 Å². The van der Waals surface area contributed by atoms with Gasteiger partial charge in [0, 0.05) is 26.3 Å². The molecule has 1 atom stereocenters. The van der Waals surface area contributed by atoms with Crippen LogP contribution in [0.5, 0.6) is 0 Å². The molecule has 0 radical (unpaired) electrons. The van der Waals surface area contributed by atoms with Crippen LogP contribution in [0.25, 0.3) is 33.3 Å². The second-order valence-electron chi connectivity index (χ2n) is 7.68. The van der Waals surface area contributed by atoms with Crippen molar-refractivity contribution in [2.75, 3.05) is 18.1 Å². The predicted octanol–water partition coefficient (Wildman–Crippen LogP) is 1.52. The fourth-order valence-corrected chi connectivity index (χ4v) is 4.09.